The summed E-state index contributed by atoms with van der Waals surface area (Å²) in [6, 6.07) is 5.01. The van der Waals surface area contributed by atoms with Gasteiger partial charge in [-0.15, -0.1) is 0 Å². The highest BCUT2D eigenvalue weighted by Gasteiger charge is 2.20. The SMILES string of the molecule is CCOC(=O)c1cc(NCc2ccncn2)c(NC2CCCCC2)cc1F. The smallest absolute Gasteiger partial charge is 0.341 e. The van der Waals surface area contributed by atoms with Crippen molar-refractivity contribution in [2.75, 3.05) is 17.2 Å². The van der Waals surface area contributed by atoms with Gasteiger partial charge in [0.15, 0.2) is 0 Å². The summed E-state index contributed by atoms with van der Waals surface area (Å²) in [6.45, 7) is 2.34. The molecule has 2 N–H and O–H groups in total. The average molecular weight is 372 g/mol. The zero-order valence-corrected chi connectivity index (χ0v) is 15.5. The third kappa shape index (κ3) is 5.15. The molecule has 0 bridgehead atoms. The van der Waals surface area contributed by atoms with E-state index in [2.05, 4.69) is 20.6 Å². The van der Waals surface area contributed by atoms with Crippen molar-refractivity contribution in [2.24, 2.45) is 0 Å². The van der Waals surface area contributed by atoms with E-state index < -0.39 is 11.8 Å². The Morgan fingerprint density at radius 2 is 2.07 bits per heavy atom. The summed E-state index contributed by atoms with van der Waals surface area (Å²) in [5.41, 5.74) is 2.04. The van der Waals surface area contributed by atoms with Gasteiger partial charge >= 0.3 is 5.97 Å². The van der Waals surface area contributed by atoms with Gasteiger partial charge in [0, 0.05) is 12.2 Å². The van der Waals surface area contributed by atoms with Gasteiger partial charge < -0.3 is 15.4 Å². The van der Waals surface area contributed by atoms with Gasteiger partial charge in [-0.25, -0.2) is 19.2 Å². The maximum absolute atomic E-state index is 14.5. The molecule has 1 aromatic heterocycles. The summed E-state index contributed by atoms with van der Waals surface area (Å²) in [6.07, 6.45) is 8.86. The highest BCUT2D eigenvalue weighted by atomic mass is 19.1. The van der Waals surface area contributed by atoms with Crippen LogP contribution in [0.5, 0.6) is 0 Å². The standard InChI is InChI=1S/C20H25FN4O2/c1-2-27-20(26)16-10-18(23-12-15-8-9-22-13-24-15)19(11-17(16)21)25-14-6-4-3-5-7-14/h8-11,13-14,23,25H,2-7,12H2,1H3. The van der Waals surface area contributed by atoms with Gasteiger partial charge in [-0.05, 0) is 38.0 Å². The van der Waals surface area contributed by atoms with Crippen LogP contribution in [0.1, 0.15) is 55.1 Å². The first kappa shape index (κ1) is 19.1. The van der Waals surface area contributed by atoms with Gasteiger partial charge in [0.25, 0.3) is 0 Å². The number of nitrogens with zero attached hydrogens (tertiary/aromatic N) is 2. The molecule has 6 nitrogen and oxygen atoms in total. The largest absolute Gasteiger partial charge is 0.462 e. The third-order valence-electron chi connectivity index (χ3n) is 4.67. The van der Waals surface area contributed by atoms with E-state index in [4.69, 9.17) is 4.74 Å². The molecule has 0 aliphatic heterocycles. The lowest BCUT2D eigenvalue weighted by Gasteiger charge is -2.25. The molecule has 1 heterocycles. The number of carbonyl (C=O) groups is 1. The van der Waals surface area contributed by atoms with Crippen LogP contribution in [0.2, 0.25) is 0 Å². The number of esters is 1. The van der Waals surface area contributed by atoms with Crippen molar-refractivity contribution in [3.05, 3.63) is 47.8 Å². The van der Waals surface area contributed by atoms with Gasteiger partial charge in [-0.3, -0.25) is 0 Å². The number of hydrogen-bond acceptors (Lipinski definition) is 6. The first-order chi connectivity index (χ1) is 13.2. The van der Waals surface area contributed by atoms with Crippen LogP contribution in [0.25, 0.3) is 0 Å². The highest BCUT2D eigenvalue weighted by molar-refractivity contribution is 5.92. The van der Waals surface area contributed by atoms with E-state index in [1.807, 2.05) is 0 Å². The second kappa shape index (κ2) is 9.30. The first-order valence-electron chi connectivity index (χ1n) is 9.43. The number of hydrogen-bond donors (Lipinski definition) is 2. The van der Waals surface area contributed by atoms with Crippen LogP contribution in [-0.2, 0) is 11.3 Å². The Morgan fingerprint density at radius 3 is 2.78 bits per heavy atom. The molecule has 144 valence electrons. The molecule has 1 aliphatic rings. The third-order valence-corrected chi connectivity index (χ3v) is 4.67. The molecule has 0 amide bonds. The van der Waals surface area contributed by atoms with Crippen LogP contribution in [-0.4, -0.2) is 28.6 Å². The Hall–Kier alpha value is -2.70. The van der Waals surface area contributed by atoms with Crippen molar-refractivity contribution >= 4 is 17.3 Å². The second-order valence-electron chi connectivity index (χ2n) is 6.63. The number of benzene rings is 1. The zero-order valence-electron chi connectivity index (χ0n) is 15.5. The predicted octanol–water partition coefficient (Wildman–Crippen LogP) is 4.15. The summed E-state index contributed by atoms with van der Waals surface area (Å²) >= 11 is 0. The maximum atomic E-state index is 14.5. The van der Waals surface area contributed by atoms with Gasteiger partial charge in [-0.1, -0.05) is 19.3 Å². The Labute approximate surface area is 158 Å². The lowest BCUT2D eigenvalue weighted by molar-refractivity contribution is 0.0521. The van der Waals surface area contributed by atoms with E-state index in [1.54, 1.807) is 19.2 Å². The number of nitrogens with one attached hydrogen (secondary N) is 2. The lowest BCUT2D eigenvalue weighted by atomic mass is 9.95. The molecule has 0 spiro atoms. The fourth-order valence-corrected chi connectivity index (χ4v) is 3.28. The average Bonchev–Trinajstić information content (AvgIpc) is 2.69. The molecule has 0 radical (unpaired) electrons. The molecule has 2 aromatic rings. The van der Waals surface area contributed by atoms with Crippen LogP contribution in [0.4, 0.5) is 15.8 Å². The van der Waals surface area contributed by atoms with Crippen LogP contribution in [0, 0.1) is 5.82 Å². The molecule has 0 unspecified atom stereocenters. The van der Waals surface area contributed by atoms with E-state index >= 15 is 0 Å². The monoisotopic (exact) mass is 372 g/mol. The number of anilines is 2. The molecule has 0 saturated heterocycles. The quantitative estimate of drug-likeness (QED) is 0.711. The fourth-order valence-electron chi connectivity index (χ4n) is 3.28. The number of halogens is 1. The molecule has 0 atom stereocenters. The van der Waals surface area contributed by atoms with Crippen molar-refractivity contribution < 1.29 is 13.9 Å². The molecular formula is C20H25FN4O2. The molecule has 1 saturated carbocycles. The molecule has 1 aliphatic carbocycles. The van der Waals surface area contributed by atoms with E-state index in [1.165, 1.54) is 37.7 Å². The van der Waals surface area contributed by atoms with Crippen LogP contribution in [0.15, 0.2) is 30.7 Å². The molecule has 1 fully saturated rings. The van der Waals surface area contributed by atoms with Crippen molar-refractivity contribution in [1.82, 2.24) is 9.97 Å². The van der Waals surface area contributed by atoms with Crippen LogP contribution in [0.3, 0.4) is 0 Å². The summed E-state index contributed by atoms with van der Waals surface area (Å²) in [7, 11) is 0. The predicted molar refractivity (Wildman–Crippen MR) is 102 cm³/mol. The van der Waals surface area contributed by atoms with Gasteiger partial charge in [0.2, 0.25) is 0 Å². The van der Waals surface area contributed by atoms with Crippen molar-refractivity contribution in [1.29, 1.82) is 0 Å². The second-order valence-corrected chi connectivity index (χ2v) is 6.63. The van der Waals surface area contributed by atoms with E-state index in [9.17, 15) is 9.18 Å². The molecule has 3 rings (SSSR count). The van der Waals surface area contributed by atoms with Gasteiger partial charge in [0.1, 0.15) is 12.1 Å². The van der Waals surface area contributed by atoms with Gasteiger partial charge in [0.05, 0.1) is 35.8 Å². The van der Waals surface area contributed by atoms with Gasteiger partial charge in [-0.2, -0.15) is 0 Å². The molecule has 7 heteroatoms. The number of carbonyl (C=O) groups excluding carboxylic acids is 1. The molecule has 27 heavy (non-hydrogen) atoms. The fraction of sp³-hybridized carbons (Fsp3) is 0.450. The Balaban J connectivity index is 1.84. The molecule has 1 aromatic carbocycles. The summed E-state index contributed by atoms with van der Waals surface area (Å²) < 4.78 is 19.5. The Morgan fingerprint density at radius 1 is 1.26 bits per heavy atom. The summed E-state index contributed by atoms with van der Waals surface area (Å²) in [5, 5.41) is 6.69. The lowest BCUT2D eigenvalue weighted by Crippen LogP contribution is -2.23. The Bertz CT molecular complexity index is 764. The summed E-state index contributed by atoms with van der Waals surface area (Å²) in [4.78, 5) is 20.1. The highest BCUT2D eigenvalue weighted by Crippen LogP contribution is 2.30. The first-order valence-corrected chi connectivity index (χ1v) is 9.43. The van der Waals surface area contributed by atoms with Crippen LogP contribution < -0.4 is 10.6 Å². The number of ether oxygens (including phenoxy) is 1. The van der Waals surface area contributed by atoms with Crippen molar-refractivity contribution in [3.63, 3.8) is 0 Å². The van der Waals surface area contributed by atoms with E-state index in [0.29, 0.717) is 24.0 Å². The van der Waals surface area contributed by atoms with E-state index in [-0.39, 0.29) is 12.2 Å². The Kier molecular flexibility index (Phi) is 6.57. The normalized spacial score (nSPS) is 14.6. The van der Waals surface area contributed by atoms with Crippen molar-refractivity contribution in [2.45, 2.75) is 51.6 Å². The number of aromatic nitrogens is 2. The van der Waals surface area contributed by atoms with E-state index in [0.717, 1.165) is 18.5 Å². The molecular weight excluding hydrogens is 347 g/mol. The minimum absolute atomic E-state index is 0.0729. The minimum Gasteiger partial charge on any atom is -0.462 e. The minimum atomic E-state index is -0.663. The van der Waals surface area contributed by atoms with Crippen molar-refractivity contribution in [3.8, 4) is 0 Å². The zero-order chi connectivity index (χ0) is 19.1. The maximum Gasteiger partial charge on any atom is 0.341 e. The van der Waals surface area contributed by atoms with Crippen LogP contribution >= 0.6 is 0 Å². The summed E-state index contributed by atoms with van der Waals surface area (Å²) in [5.74, 6) is -1.25. The number of rotatable bonds is 7. The topological polar surface area (TPSA) is 76.1 Å².